The lowest BCUT2D eigenvalue weighted by atomic mass is 10.2. The van der Waals surface area contributed by atoms with Crippen molar-refractivity contribution >= 4 is 33.3 Å². The molecule has 1 aliphatic heterocycles. The van der Waals surface area contributed by atoms with Gasteiger partial charge in [0.25, 0.3) is 0 Å². The van der Waals surface area contributed by atoms with Crippen molar-refractivity contribution in [3.63, 3.8) is 0 Å². The van der Waals surface area contributed by atoms with Crippen molar-refractivity contribution in [1.29, 1.82) is 0 Å². The predicted molar refractivity (Wildman–Crippen MR) is 73.9 cm³/mol. The van der Waals surface area contributed by atoms with E-state index in [2.05, 4.69) is 38.8 Å². The normalized spacial score (nSPS) is 25.1. The maximum absolute atomic E-state index is 5.86. The third kappa shape index (κ3) is 2.92. The fourth-order valence-electron chi connectivity index (χ4n) is 1.94. The zero-order valence-corrected chi connectivity index (χ0v) is 12.3. The van der Waals surface area contributed by atoms with Crippen LogP contribution in [0.1, 0.15) is 12.5 Å². The molecular formula is C12H16BrClN2O. The second-order valence-electron chi connectivity index (χ2n) is 4.43. The lowest BCUT2D eigenvalue weighted by Gasteiger charge is -2.38. The third-order valence-electron chi connectivity index (χ3n) is 2.91. The maximum Gasteiger partial charge on any atom is 0.143 e. The van der Waals surface area contributed by atoms with Crippen molar-refractivity contribution < 1.29 is 4.74 Å². The number of anilines is 1. The number of pyridine rings is 1. The van der Waals surface area contributed by atoms with Crippen LogP contribution in [0.5, 0.6) is 0 Å². The summed E-state index contributed by atoms with van der Waals surface area (Å²) in [6, 6.07) is 2.40. The van der Waals surface area contributed by atoms with Gasteiger partial charge in [0.2, 0.25) is 0 Å². The van der Waals surface area contributed by atoms with Crippen LogP contribution in [0.2, 0.25) is 0 Å². The first kappa shape index (κ1) is 13.1. The Kier molecular flexibility index (Phi) is 4.28. The molecule has 1 aromatic heterocycles. The molecule has 0 aromatic carbocycles. The lowest BCUT2D eigenvalue weighted by molar-refractivity contribution is 0.0361. The van der Waals surface area contributed by atoms with Crippen LogP contribution in [0.25, 0.3) is 0 Å². The van der Waals surface area contributed by atoms with Gasteiger partial charge in [0.1, 0.15) is 5.82 Å². The molecule has 2 heterocycles. The molecule has 0 amide bonds. The van der Waals surface area contributed by atoms with Crippen LogP contribution in [0.15, 0.2) is 16.7 Å². The van der Waals surface area contributed by atoms with Gasteiger partial charge in [-0.05, 0) is 41.4 Å². The largest absolute Gasteiger partial charge is 0.373 e. The zero-order valence-electron chi connectivity index (χ0n) is 9.99. The Morgan fingerprint density at radius 2 is 2.41 bits per heavy atom. The average Bonchev–Trinajstić information content (AvgIpc) is 2.30. The van der Waals surface area contributed by atoms with Gasteiger partial charge in [0, 0.05) is 12.7 Å². The molecule has 17 heavy (non-hydrogen) atoms. The minimum Gasteiger partial charge on any atom is -0.373 e. The highest BCUT2D eigenvalue weighted by Crippen LogP contribution is 2.28. The van der Waals surface area contributed by atoms with Crippen molar-refractivity contribution in [2.45, 2.75) is 26.0 Å². The number of hydrogen-bond donors (Lipinski definition) is 0. The van der Waals surface area contributed by atoms with Gasteiger partial charge >= 0.3 is 0 Å². The Balaban J connectivity index is 2.24. The molecule has 5 heteroatoms. The van der Waals surface area contributed by atoms with Crippen molar-refractivity contribution in [3.05, 3.63) is 22.3 Å². The van der Waals surface area contributed by atoms with Crippen molar-refractivity contribution in [3.8, 4) is 0 Å². The molecule has 2 unspecified atom stereocenters. The standard InChI is InChI=1S/C12H16BrClN2O/c1-8-3-11(13)12(15-5-8)16-6-10(4-14)17-7-9(16)2/h3,5,9-10H,4,6-7H2,1-2H3. The number of hydrogen-bond acceptors (Lipinski definition) is 3. The maximum atomic E-state index is 5.86. The summed E-state index contributed by atoms with van der Waals surface area (Å²) in [6.45, 7) is 5.66. The molecule has 3 nitrogen and oxygen atoms in total. The molecule has 94 valence electrons. The number of morpholine rings is 1. The highest BCUT2D eigenvalue weighted by atomic mass is 79.9. The van der Waals surface area contributed by atoms with Crippen molar-refractivity contribution in [2.75, 3.05) is 23.9 Å². The van der Waals surface area contributed by atoms with Crippen LogP contribution in [0, 0.1) is 6.92 Å². The van der Waals surface area contributed by atoms with E-state index in [9.17, 15) is 0 Å². The van der Waals surface area contributed by atoms with Gasteiger partial charge in [0.15, 0.2) is 0 Å². The minimum absolute atomic E-state index is 0.0860. The van der Waals surface area contributed by atoms with Crippen molar-refractivity contribution in [2.24, 2.45) is 0 Å². The lowest BCUT2D eigenvalue weighted by Crippen LogP contribution is -2.49. The fourth-order valence-corrected chi connectivity index (χ4v) is 2.82. The predicted octanol–water partition coefficient (Wildman–Crippen LogP) is 2.99. The topological polar surface area (TPSA) is 25.4 Å². The van der Waals surface area contributed by atoms with Gasteiger partial charge in [-0.2, -0.15) is 0 Å². The molecule has 1 aliphatic rings. The number of aromatic nitrogens is 1. The van der Waals surface area contributed by atoms with Crippen LogP contribution in [0.3, 0.4) is 0 Å². The van der Waals surface area contributed by atoms with E-state index in [4.69, 9.17) is 16.3 Å². The fraction of sp³-hybridized carbons (Fsp3) is 0.583. The number of ether oxygens (including phenoxy) is 1. The monoisotopic (exact) mass is 318 g/mol. The number of rotatable bonds is 2. The smallest absolute Gasteiger partial charge is 0.143 e. The summed E-state index contributed by atoms with van der Waals surface area (Å²) in [6.07, 6.45) is 1.97. The van der Waals surface area contributed by atoms with Crippen LogP contribution < -0.4 is 4.90 Å². The highest BCUT2D eigenvalue weighted by molar-refractivity contribution is 9.10. The first-order valence-electron chi connectivity index (χ1n) is 5.68. The summed E-state index contributed by atoms with van der Waals surface area (Å²) in [4.78, 5) is 6.75. The molecule has 0 bridgehead atoms. The zero-order chi connectivity index (χ0) is 12.4. The number of alkyl halides is 1. The summed E-state index contributed by atoms with van der Waals surface area (Å²) >= 11 is 9.44. The van der Waals surface area contributed by atoms with Crippen LogP contribution in [0.4, 0.5) is 5.82 Å². The highest BCUT2D eigenvalue weighted by Gasteiger charge is 2.27. The summed E-state index contributed by atoms with van der Waals surface area (Å²) in [5.74, 6) is 1.49. The first-order valence-corrected chi connectivity index (χ1v) is 7.01. The van der Waals surface area contributed by atoms with Gasteiger partial charge in [-0.3, -0.25) is 0 Å². The minimum atomic E-state index is 0.0860. The van der Waals surface area contributed by atoms with E-state index in [1.165, 1.54) is 0 Å². The Bertz CT molecular complexity index is 402. The molecule has 0 spiro atoms. The van der Waals surface area contributed by atoms with Gasteiger partial charge in [-0.1, -0.05) is 0 Å². The first-order chi connectivity index (χ1) is 8.11. The molecular weight excluding hydrogens is 304 g/mol. The van der Waals surface area contributed by atoms with Crippen LogP contribution in [-0.2, 0) is 4.74 Å². The van der Waals surface area contributed by atoms with E-state index >= 15 is 0 Å². The molecule has 1 fully saturated rings. The van der Waals surface area contributed by atoms with E-state index in [-0.39, 0.29) is 6.10 Å². The second-order valence-corrected chi connectivity index (χ2v) is 5.59. The SMILES string of the molecule is Cc1cnc(N2CC(CCl)OCC2C)c(Br)c1. The molecule has 2 atom stereocenters. The number of aryl methyl sites for hydroxylation is 1. The molecule has 0 aliphatic carbocycles. The van der Waals surface area contributed by atoms with Crippen molar-refractivity contribution in [1.82, 2.24) is 4.98 Å². The Morgan fingerprint density at radius 1 is 1.65 bits per heavy atom. The molecule has 2 rings (SSSR count). The summed E-state index contributed by atoms with van der Waals surface area (Å²) in [5, 5.41) is 0. The quantitative estimate of drug-likeness (QED) is 0.784. The van der Waals surface area contributed by atoms with Gasteiger partial charge in [-0.15, -0.1) is 11.6 Å². The van der Waals surface area contributed by atoms with Gasteiger partial charge in [-0.25, -0.2) is 4.98 Å². The second kappa shape index (κ2) is 5.55. The number of nitrogens with zero attached hydrogens (tertiary/aromatic N) is 2. The van der Waals surface area contributed by atoms with Gasteiger partial charge in [0.05, 0.1) is 29.1 Å². The van der Waals surface area contributed by atoms with E-state index < -0.39 is 0 Å². The Morgan fingerprint density at radius 3 is 3.06 bits per heavy atom. The number of halogens is 2. The third-order valence-corrected chi connectivity index (χ3v) is 3.84. The average molecular weight is 320 g/mol. The van der Waals surface area contributed by atoms with Crippen LogP contribution >= 0.6 is 27.5 Å². The summed E-state index contributed by atoms with van der Waals surface area (Å²) in [7, 11) is 0. The molecule has 0 N–H and O–H groups in total. The van der Waals surface area contributed by atoms with E-state index in [0.29, 0.717) is 18.5 Å². The van der Waals surface area contributed by atoms with E-state index in [1.807, 2.05) is 13.1 Å². The molecule has 0 saturated carbocycles. The Hall–Kier alpha value is -0.320. The summed E-state index contributed by atoms with van der Waals surface area (Å²) in [5.41, 5.74) is 1.15. The van der Waals surface area contributed by atoms with E-state index in [1.54, 1.807) is 0 Å². The summed E-state index contributed by atoms with van der Waals surface area (Å²) < 4.78 is 6.67. The molecule has 0 radical (unpaired) electrons. The molecule has 1 saturated heterocycles. The van der Waals surface area contributed by atoms with Gasteiger partial charge < -0.3 is 9.64 Å². The Labute approximate surface area is 115 Å². The molecule has 1 aromatic rings. The van der Waals surface area contributed by atoms with E-state index in [0.717, 1.165) is 22.4 Å². The van der Waals surface area contributed by atoms with Crippen LogP contribution in [-0.4, -0.2) is 36.2 Å².